The molecule has 1 N–H and O–H groups in total. The summed E-state index contributed by atoms with van der Waals surface area (Å²) in [6.45, 7) is 5.54. The second-order valence-electron chi connectivity index (χ2n) is 4.27. The zero-order valence-corrected chi connectivity index (χ0v) is 13.7. The first kappa shape index (κ1) is 15.6. The number of nitrogens with one attached hydrogen (secondary N) is 1. The summed E-state index contributed by atoms with van der Waals surface area (Å²) < 4.78 is 11.9. The number of aromatic nitrogens is 2. The average molecular weight is 352 g/mol. The maximum Gasteiger partial charge on any atom is 0.238 e. The third-order valence-corrected chi connectivity index (χ3v) is 3.36. The van der Waals surface area contributed by atoms with Crippen LogP contribution in [0, 0.1) is 0 Å². The van der Waals surface area contributed by atoms with E-state index in [0.29, 0.717) is 22.7 Å². The summed E-state index contributed by atoms with van der Waals surface area (Å²) in [5, 5.41) is 3.22. The molecule has 0 amide bonds. The smallest absolute Gasteiger partial charge is 0.238 e. The lowest BCUT2D eigenvalue weighted by molar-refractivity contribution is 0.339. The van der Waals surface area contributed by atoms with Gasteiger partial charge in [0, 0.05) is 6.54 Å². The highest BCUT2D eigenvalue weighted by Crippen LogP contribution is 2.32. The summed E-state index contributed by atoms with van der Waals surface area (Å²) in [6, 6.07) is 7.42. The fourth-order valence-corrected chi connectivity index (χ4v) is 2.10. The van der Waals surface area contributed by atoms with Gasteiger partial charge >= 0.3 is 0 Å². The van der Waals surface area contributed by atoms with Gasteiger partial charge in [-0.1, -0.05) is 6.92 Å². The fraction of sp³-hybridized carbons (Fsp3) is 0.333. The number of halogens is 1. The quantitative estimate of drug-likeness (QED) is 0.807. The summed E-state index contributed by atoms with van der Waals surface area (Å²) in [5.41, 5.74) is 0. The van der Waals surface area contributed by atoms with E-state index in [1.54, 1.807) is 0 Å². The van der Waals surface area contributed by atoms with Crippen LogP contribution in [0.25, 0.3) is 0 Å². The Bertz CT molecular complexity index is 576. The van der Waals surface area contributed by atoms with Crippen molar-refractivity contribution in [2.75, 3.05) is 18.5 Å². The molecule has 0 aliphatic carbocycles. The second kappa shape index (κ2) is 7.83. The molecule has 1 heterocycles. The number of rotatable bonds is 7. The molecule has 6 heteroatoms. The van der Waals surface area contributed by atoms with E-state index in [0.717, 1.165) is 24.5 Å². The topological polar surface area (TPSA) is 56.3 Å². The third-order valence-electron chi connectivity index (χ3n) is 2.65. The molecular formula is C15H18BrN3O2. The minimum atomic E-state index is 0.479. The van der Waals surface area contributed by atoms with Crippen LogP contribution in [0.2, 0.25) is 0 Å². The van der Waals surface area contributed by atoms with Gasteiger partial charge in [0.05, 0.1) is 6.61 Å². The number of ether oxygens (including phenoxy) is 2. The molecule has 0 spiro atoms. The molecule has 0 aliphatic rings. The maximum absolute atomic E-state index is 5.77. The van der Waals surface area contributed by atoms with Crippen LogP contribution in [0.5, 0.6) is 17.4 Å². The van der Waals surface area contributed by atoms with Crippen molar-refractivity contribution in [2.24, 2.45) is 0 Å². The molecule has 0 aliphatic heterocycles. The number of hydrogen-bond acceptors (Lipinski definition) is 5. The van der Waals surface area contributed by atoms with Gasteiger partial charge in [-0.3, -0.25) is 0 Å². The molecule has 21 heavy (non-hydrogen) atoms. The van der Waals surface area contributed by atoms with Gasteiger partial charge in [-0.15, -0.1) is 0 Å². The zero-order chi connectivity index (χ0) is 15.1. The minimum Gasteiger partial charge on any atom is -0.494 e. The van der Waals surface area contributed by atoms with Crippen molar-refractivity contribution in [1.82, 2.24) is 9.97 Å². The van der Waals surface area contributed by atoms with Crippen molar-refractivity contribution < 1.29 is 9.47 Å². The summed E-state index contributed by atoms with van der Waals surface area (Å²) in [6.07, 6.45) is 2.50. The number of nitrogens with zero attached hydrogens (tertiary/aromatic N) is 2. The standard InChI is InChI=1S/C15H18BrN3O2/c1-3-9-17-14-13(16)15(19-10-18-14)21-12-7-5-11(6-8-12)20-4-2/h5-8,10H,3-4,9H2,1-2H3,(H,17,18,19). The second-order valence-corrected chi connectivity index (χ2v) is 5.07. The van der Waals surface area contributed by atoms with E-state index in [-0.39, 0.29) is 0 Å². The summed E-state index contributed by atoms with van der Waals surface area (Å²) >= 11 is 3.47. The van der Waals surface area contributed by atoms with Gasteiger partial charge in [-0.2, -0.15) is 0 Å². The fourth-order valence-electron chi connectivity index (χ4n) is 1.67. The Morgan fingerprint density at radius 3 is 2.48 bits per heavy atom. The molecule has 0 fully saturated rings. The Hall–Kier alpha value is -1.82. The van der Waals surface area contributed by atoms with E-state index >= 15 is 0 Å². The molecule has 5 nitrogen and oxygen atoms in total. The molecule has 0 bridgehead atoms. The van der Waals surface area contributed by atoms with Crippen LogP contribution in [0.4, 0.5) is 5.82 Å². The van der Waals surface area contributed by atoms with Gasteiger partial charge in [0.1, 0.15) is 28.1 Å². The highest BCUT2D eigenvalue weighted by molar-refractivity contribution is 9.10. The predicted octanol–water partition coefficient (Wildman–Crippen LogP) is 4.25. The number of anilines is 1. The van der Waals surface area contributed by atoms with Crippen LogP contribution in [0.15, 0.2) is 35.1 Å². The summed E-state index contributed by atoms with van der Waals surface area (Å²) in [7, 11) is 0. The van der Waals surface area contributed by atoms with Gasteiger partial charge in [-0.25, -0.2) is 9.97 Å². The van der Waals surface area contributed by atoms with Gasteiger partial charge in [-0.05, 0) is 53.5 Å². The van der Waals surface area contributed by atoms with E-state index in [1.165, 1.54) is 6.33 Å². The van der Waals surface area contributed by atoms with E-state index in [4.69, 9.17) is 9.47 Å². The SMILES string of the molecule is CCCNc1ncnc(Oc2ccc(OCC)cc2)c1Br. The summed E-state index contributed by atoms with van der Waals surface area (Å²) in [4.78, 5) is 8.34. The molecule has 112 valence electrons. The summed E-state index contributed by atoms with van der Waals surface area (Å²) in [5.74, 6) is 2.72. The Labute approximate surface area is 132 Å². The Balaban J connectivity index is 2.11. The van der Waals surface area contributed by atoms with Gasteiger partial charge < -0.3 is 14.8 Å². The van der Waals surface area contributed by atoms with Crippen LogP contribution >= 0.6 is 15.9 Å². The molecular weight excluding hydrogens is 334 g/mol. The Morgan fingerprint density at radius 2 is 1.81 bits per heavy atom. The zero-order valence-electron chi connectivity index (χ0n) is 12.1. The highest BCUT2D eigenvalue weighted by atomic mass is 79.9. The Kier molecular flexibility index (Phi) is 5.80. The lowest BCUT2D eigenvalue weighted by atomic mass is 10.3. The first-order valence-corrected chi connectivity index (χ1v) is 7.69. The average Bonchev–Trinajstić information content (AvgIpc) is 2.50. The van der Waals surface area contributed by atoms with E-state index in [1.807, 2.05) is 31.2 Å². The molecule has 1 aromatic carbocycles. The molecule has 0 radical (unpaired) electrons. The van der Waals surface area contributed by atoms with E-state index in [2.05, 4.69) is 38.1 Å². The Morgan fingerprint density at radius 1 is 1.10 bits per heavy atom. The largest absolute Gasteiger partial charge is 0.494 e. The lowest BCUT2D eigenvalue weighted by Gasteiger charge is -2.11. The number of hydrogen-bond donors (Lipinski definition) is 1. The molecule has 0 saturated carbocycles. The van der Waals surface area contributed by atoms with Gasteiger partial charge in [0.2, 0.25) is 5.88 Å². The van der Waals surface area contributed by atoms with Crippen LogP contribution < -0.4 is 14.8 Å². The molecule has 0 atom stereocenters. The van der Waals surface area contributed by atoms with Crippen molar-refractivity contribution in [3.05, 3.63) is 35.1 Å². The monoisotopic (exact) mass is 351 g/mol. The van der Waals surface area contributed by atoms with Gasteiger partial charge in [0.25, 0.3) is 0 Å². The van der Waals surface area contributed by atoms with Crippen molar-refractivity contribution >= 4 is 21.7 Å². The van der Waals surface area contributed by atoms with Crippen molar-refractivity contribution in [2.45, 2.75) is 20.3 Å². The van der Waals surface area contributed by atoms with Gasteiger partial charge in [0.15, 0.2) is 0 Å². The molecule has 0 unspecified atom stereocenters. The van der Waals surface area contributed by atoms with Crippen LogP contribution in [0.1, 0.15) is 20.3 Å². The van der Waals surface area contributed by atoms with Crippen molar-refractivity contribution in [1.29, 1.82) is 0 Å². The van der Waals surface area contributed by atoms with Crippen LogP contribution in [-0.4, -0.2) is 23.1 Å². The van der Waals surface area contributed by atoms with Crippen LogP contribution in [-0.2, 0) is 0 Å². The first-order chi connectivity index (χ1) is 10.2. The molecule has 2 rings (SSSR count). The molecule has 1 aromatic heterocycles. The molecule has 2 aromatic rings. The first-order valence-electron chi connectivity index (χ1n) is 6.89. The minimum absolute atomic E-state index is 0.479. The number of benzene rings is 1. The predicted molar refractivity (Wildman–Crippen MR) is 86.2 cm³/mol. The van der Waals surface area contributed by atoms with Crippen molar-refractivity contribution in [3.63, 3.8) is 0 Å². The van der Waals surface area contributed by atoms with E-state index < -0.39 is 0 Å². The van der Waals surface area contributed by atoms with Crippen LogP contribution in [0.3, 0.4) is 0 Å². The lowest BCUT2D eigenvalue weighted by Crippen LogP contribution is -2.04. The molecule has 0 saturated heterocycles. The maximum atomic E-state index is 5.77. The van der Waals surface area contributed by atoms with E-state index in [9.17, 15) is 0 Å². The normalized spacial score (nSPS) is 10.2. The third kappa shape index (κ3) is 4.32. The highest BCUT2D eigenvalue weighted by Gasteiger charge is 2.10. The van der Waals surface area contributed by atoms with Crippen molar-refractivity contribution in [3.8, 4) is 17.4 Å².